The van der Waals surface area contributed by atoms with Gasteiger partial charge in [0, 0.05) is 43.9 Å². The molecule has 0 saturated heterocycles. The van der Waals surface area contributed by atoms with E-state index >= 15 is 0 Å². The minimum atomic E-state index is 0.0640. The van der Waals surface area contributed by atoms with E-state index in [1.54, 1.807) is 26.6 Å². The Labute approximate surface area is 168 Å². The monoisotopic (exact) mass is 394 g/mol. The first-order valence-corrected chi connectivity index (χ1v) is 9.42. The number of hydrogen-bond acceptors (Lipinski definition) is 7. The average Bonchev–Trinajstić information content (AvgIpc) is 3.25. The second kappa shape index (κ2) is 8.30. The van der Waals surface area contributed by atoms with Gasteiger partial charge in [-0.25, -0.2) is 0 Å². The van der Waals surface area contributed by atoms with Crippen LogP contribution in [0, 0.1) is 0 Å². The van der Waals surface area contributed by atoms with Gasteiger partial charge < -0.3 is 18.9 Å². The van der Waals surface area contributed by atoms with E-state index in [1.165, 1.54) is 5.56 Å². The van der Waals surface area contributed by atoms with Crippen LogP contribution in [0.4, 0.5) is 0 Å². The molecule has 4 rings (SSSR count). The fraction of sp³-hybridized carbons (Fsp3) is 0.333. The highest BCUT2D eigenvalue weighted by Crippen LogP contribution is 2.33. The lowest BCUT2D eigenvalue weighted by Crippen LogP contribution is -2.36. The number of fused-ring (bicyclic) bond motifs is 1. The number of carbonyl (C=O) groups excluding carboxylic acids is 1. The van der Waals surface area contributed by atoms with Crippen LogP contribution < -0.4 is 9.47 Å². The van der Waals surface area contributed by atoms with Gasteiger partial charge in [0.2, 0.25) is 17.6 Å². The molecule has 8 heteroatoms. The van der Waals surface area contributed by atoms with Crippen molar-refractivity contribution in [2.24, 2.45) is 0 Å². The highest BCUT2D eigenvalue weighted by atomic mass is 16.5. The van der Waals surface area contributed by atoms with Crippen LogP contribution in [0.2, 0.25) is 0 Å². The molecule has 1 aromatic carbocycles. The number of amides is 1. The van der Waals surface area contributed by atoms with Crippen molar-refractivity contribution in [1.82, 2.24) is 20.0 Å². The van der Waals surface area contributed by atoms with Gasteiger partial charge in [-0.2, -0.15) is 4.98 Å². The third-order valence-electron chi connectivity index (χ3n) is 5.03. The number of aromatic nitrogens is 3. The number of methoxy groups -OCH3 is 2. The summed E-state index contributed by atoms with van der Waals surface area (Å²) in [6.07, 6.45) is 4.86. The zero-order valence-electron chi connectivity index (χ0n) is 16.4. The number of ether oxygens (including phenoxy) is 2. The Morgan fingerprint density at radius 3 is 2.59 bits per heavy atom. The molecule has 0 fully saturated rings. The molecule has 0 N–H and O–H groups in total. The predicted octanol–water partition coefficient (Wildman–Crippen LogP) is 2.67. The quantitative estimate of drug-likeness (QED) is 0.635. The molecular formula is C21H22N4O4. The molecule has 0 unspecified atom stereocenters. The van der Waals surface area contributed by atoms with Crippen molar-refractivity contribution in [3.05, 3.63) is 53.7 Å². The van der Waals surface area contributed by atoms with Crippen molar-refractivity contribution in [1.29, 1.82) is 0 Å². The Bertz CT molecular complexity index is 1000. The molecule has 8 nitrogen and oxygen atoms in total. The average molecular weight is 394 g/mol. The largest absolute Gasteiger partial charge is 0.493 e. The molecular weight excluding hydrogens is 372 g/mol. The predicted molar refractivity (Wildman–Crippen MR) is 105 cm³/mol. The fourth-order valence-corrected chi connectivity index (χ4v) is 3.44. The van der Waals surface area contributed by atoms with Crippen molar-refractivity contribution >= 4 is 5.91 Å². The highest BCUT2D eigenvalue weighted by molar-refractivity contribution is 5.76. The maximum Gasteiger partial charge on any atom is 0.227 e. The van der Waals surface area contributed by atoms with Gasteiger partial charge in [0.05, 0.1) is 14.2 Å². The molecule has 0 aliphatic carbocycles. The molecule has 150 valence electrons. The van der Waals surface area contributed by atoms with Gasteiger partial charge in [-0.3, -0.25) is 9.78 Å². The molecule has 0 spiro atoms. The summed E-state index contributed by atoms with van der Waals surface area (Å²) >= 11 is 0. The summed E-state index contributed by atoms with van der Waals surface area (Å²) < 4.78 is 16.0. The third-order valence-corrected chi connectivity index (χ3v) is 5.03. The third kappa shape index (κ3) is 4.06. The first-order valence-electron chi connectivity index (χ1n) is 9.42. The zero-order chi connectivity index (χ0) is 20.2. The highest BCUT2D eigenvalue weighted by Gasteiger charge is 2.23. The molecule has 1 amide bonds. The maximum atomic E-state index is 12.7. The van der Waals surface area contributed by atoms with Gasteiger partial charge in [-0.05, 0) is 41.8 Å². The van der Waals surface area contributed by atoms with Gasteiger partial charge >= 0.3 is 0 Å². The lowest BCUT2D eigenvalue weighted by atomic mass is 9.98. The van der Waals surface area contributed by atoms with Gasteiger partial charge in [0.25, 0.3) is 0 Å². The Morgan fingerprint density at radius 2 is 1.86 bits per heavy atom. The summed E-state index contributed by atoms with van der Waals surface area (Å²) in [5, 5.41) is 3.98. The standard InChI is InChI=1S/C21H22N4O4/c1-27-17-11-15-7-10-25(13-16(15)12-18(17)28-2)20(26)4-3-19-23-21(24-29-19)14-5-8-22-9-6-14/h5-6,8-9,11-12H,3-4,7,10,13H2,1-2H3. The van der Waals surface area contributed by atoms with Crippen LogP contribution in [0.3, 0.4) is 0 Å². The van der Waals surface area contributed by atoms with Crippen molar-refractivity contribution < 1.29 is 18.8 Å². The number of rotatable bonds is 6. The molecule has 2 aromatic heterocycles. The molecule has 1 aliphatic rings. The summed E-state index contributed by atoms with van der Waals surface area (Å²) in [5.74, 6) is 2.41. The van der Waals surface area contributed by atoms with E-state index in [0.29, 0.717) is 49.1 Å². The van der Waals surface area contributed by atoms with Crippen molar-refractivity contribution in [2.45, 2.75) is 25.8 Å². The van der Waals surface area contributed by atoms with Crippen LogP contribution in [0.15, 0.2) is 41.2 Å². The van der Waals surface area contributed by atoms with Crippen molar-refractivity contribution in [3.8, 4) is 22.9 Å². The lowest BCUT2D eigenvalue weighted by Gasteiger charge is -2.29. The van der Waals surface area contributed by atoms with Crippen LogP contribution in [-0.2, 0) is 24.2 Å². The summed E-state index contributed by atoms with van der Waals surface area (Å²) in [6, 6.07) is 7.57. The number of aryl methyl sites for hydroxylation is 1. The second-order valence-electron chi connectivity index (χ2n) is 6.79. The van der Waals surface area contributed by atoms with Crippen LogP contribution >= 0.6 is 0 Å². The molecule has 3 aromatic rings. The van der Waals surface area contributed by atoms with Crippen LogP contribution in [-0.4, -0.2) is 46.7 Å². The first-order chi connectivity index (χ1) is 14.2. The van der Waals surface area contributed by atoms with Crippen LogP contribution in [0.25, 0.3) is 11.4 Å². The number of nitrogens with zero attached hydrogens (tertiary/aromatic N) is 4. The SMILES string of the molecule is COc1cc2c(cc1OC)CN(C(=O)CCc1nc(-c3ccncc3)no1)CC2. The topological polar surface area (TPSA) is 90.6 Å². The van der Waals surface area contributed by atoms with Gasteiger partial charge in [-0.15, -0.1) is 0 Å². The Kier molecular flexibility index (Phi) is 5.41. The molecule has 0 radical (unpaired) electrons. The summed E-state index contributed by atoms with van der Waals surface area (Å²) in [6.45, 7) is 1.23. The zero-order valence-corrected chi connectivity index (χ0v) is 16.4. The molecule has 1 aliphatic heterocycles. The van der Waals surface area contributed by atoms with Crippen molar-refractivity contribution in [2.75, 3.05) is 20.8 Å². The van der Waals surface area contributed by atoms with Gasteiger partial charge in [0.15, 0.2) is 11.5 Å². The molecule has 0 saturated carbocycles. The van der Waals surface area contributed by atoms with E-state index in [-0.39, 0.29) is 5.91 Å². The number of hydrogen-bond donors (Lipinski definition) is 0. The molecule has 29 heavy (non-hydrogen) atoms. The van der Waals surface area contributed by atoms with E-state index in [9.17, 15) is 4.79 Å². The van der Waals surface area contributed by atoms with E-state index in [1.807, 2.05) is 29.2 Å². The maximum absolute atomic E-state index is 12.7. The number of benzene rings is 1. The Morgan fingerprint density at radius 1 is 1.14 bits per heavy atom. The van der Waals surface area contributed by atoms with E-state index < -0.39 is 0 Å². The van der Waals surface area contributed by atoms with E-state index in [2.05, 4.69) is 15.1 Å². The fourth-order valence-electron chi connectivity index (χ4n) is 3.44. The smallest absolute Gasteiger partial charge is 0.227 e. The van der Waals surface area contributed by atoms with Crippen LogP contribution in [0.1, 0.15) is 23.4 Å². The van der Waals surface area contributed by atoms with Gasteiger partial charge in [-0.1, -0.05) is 5.16 Å². The second-order valence-corrected chi connectivity index (χ2v) is 6.79. The number of carbonyl (C=O) groups is 1. The summed E-state index contributed by atoms with van der Waals surface area (Å²) in [7, 11) is 3.24. The summed E-state index contributed by atoms with van der Waals surface area (Å²) in [4.78, 5) is 22.9. The Balaban J connectivity index is 1.38. The van der Waals surface area contributed by atoms with E-state index in [0.717, 1.165) is 17.5 Å². The Hall–Kier alpha value is -3.42. The molecule has 3 heterocycles. The molecule has 0 bridgehead atoms. The summed E-state index contributed by atoms with van der Waals surface area (Å²) in [5.41, 5.74) is 3.10. The molecule has 0 atom stereocenters. The minimum Gasteiger partial charge on any atom is -0.493 e. The lowest BCUT2D eigenvalue weighted by molar-refractivity contribution is -0.132. The minimum absolute atomic E-state index is 0.0640. The normalized spacial score (nSPS) is 13.1. The van der Waals surface area contributed by atoms with Crippen molar-refractivity contribution in [3.63, 3.8) is 0 Å². The first kappa shape index (κ1) is 18.9. The number of pyridine rings is 1. The van der Waals surface area contributed by atoms with E-state index in [4.69, 9.17) is 14.0 Å². The van der Waals surface area contributed by atoms with Gasteiger partial charge in [0.1, 0.15) is 0 Å². The van der Waals surface area contributed by atoms with Crippen LogP contribution in [0.5, 0.6) is 11.5 Å².